The summed E-state index contributed by atoms with van der Waals surface area (Å²) in [6.45, 7) is 0.303. The van der Waals surface area contributed by atoms with E-state index >= 15 is 0 Å². The van der Waals surface area contributed by atoms with Gasteiger partial charge in [-0.25, -0.2) is 0 Å². The van der Waals surface area contributed by atoms with Crippen molar-refractivity contribution < 1.29 is 13.9 Å². The van der Waals surface area contributed by atoms with Crippen molar-refractivity contribution in [1.29, 1.82) is 0 Å². The maximum absolute atomic E-state index is 11.8. The maximum atomic E-state index is 11.8. The lowest BCUT2D eigenvalue weighted by atomic mass is 10.2. The predicted octanol–water partition coefficient (Wildman–Crippen LogP) is 2.87. The number of carbonyl (C=O) groups is 1. The molecular weight excluding hydrogens is 254 g/mol. The van der Waals surface area contributed by atoms with Crippen molar-refractivity contribution in [1.82, 2.24) is 5.32 Å². The minimum atomic E-state index is -0.176. The van der Waals surface area contributed by atoms with Crippen molar-refractivity contribution in [2.45, 2.75) is 6.54 Å². The third-order valence-corrected chi connectivity index (χ3v) is 2.61. The average Bonchev–Trinajstić information content (AvgIpc) is 2.82. The summed E-state index contributed by atoms with van der Waals surface area (Å²) in [4.78, 5) is 11.8. The van der Waals surface area contributed by atoms with Crippen molar-refractivity contribution in [2.75, 3.05) is 7.11 Å². The first-order valence-electron chi connectivity index (χ1n) is 5.35. The number of rotatable bonds is 4. The van der Waals surface area contributed by atoms with Gasteiger partial charge in [0.05, 0.1) is 13.7 Å². The highest BCUT2D eigenvalue weighted by atomic mass is 35.5. The van der Waals surface area contributed by atoms with Gasteiger partial charge in [0.1, 0.15) is 11.5 Å². The van der Waals surface area contributed by atoms with E-state index in [4.69, 9.17) is 20.8 Å². The molecule has 94 valence electrons. The SMILES string of the molecule is COc1ccc(C(=O)NCc2ccc(Cl)o2)cc1. The Morgan fingerprint density at radius 2 is 2.00 bits per heavy atom. The van der Waals surface area contributed by atoms with Crippen LogP contribution in [-0.4, -0.2) is 13.0 Å². The molecule has 4 nitrogen and oxygen atoms in total. The van der Waals surface area contributed by atoms with Crippen LogP contribution < -0.4 is 10.1 Å². The Kier molecular flexibility index (Phi) is 3.89. The summed E-state index contributed by atoms with van der Waals surface area (Å²) in [5.41, 5.74) is 0.563. The summed E-state index contributed by atoms with van der Waals surface area (Å²) in [5, 5.41) is 3.04. The standard InChI is InChI=1S/C13H12ClNO3/c1-17-10-4-2-9(3-5-10)13(16)15-8-11-6-7-12(14)18-11/h2-7H,8H2,1H3,(H,15,16). The van der Waals surface area contributed by atoms with E-state index in [0.717, 1.165) is 0 Å². The lowest BCUT2D eigenvalue weighted by molar-refractivity contribution is 0.0948. The van der Waals surface area contributed by atoms with Crippen LogP contribution in [0.2, 0.25) is 5.22 Å². The number of furan rings is 1. The Morgan fingerprint density at radius 1 is 1.28 bits per heavy atom. The van der Waals surface area contributed by atoms with Crippen molar-refractivity contribution in [2.24, 2.45) is 0 Å². The van der Waals surface area contributed by atoms with Crippen LogP contribution in [0.25, 0.3) is 0 Å². The number of carbonyl (C=O) groups excluding carboxylic acids is 1. The first-order chi connectivity index (χ1) is 8.69. The first-order valence-corrected chi connectivity index (χ1v) is 5.73. The van der Waals surface area contributed by atoms with E-state index in [0.29, 0.717) is 28.8 Å². The van der Waals surface area contributed by atoms with Gasteiger partial charge in [-0.15, -0.1) is 0 Å². The van der Waals surface area contributed by atoms with Crippen LogP contribution in [0.3, 0.4) is 0 Å². The van der Waals surface area contributed by atoms with Gasteiger partial charge in [0.2, 0.25) is 0 Å². The van der Waals surface area contributed by atoms with E-state index < -0.39 is 0 Å². The Hall–Kier alpha value is -1.94. The summed E-state index contributed by atoms with van der Waals surface area (Å²) < 4.78 is 10.2. The number of methoxy groups -OCH3 is 1. The first kappa shape index (κ1) is 12.5. The minimum Gasteiger partial charge on any atom is -0.497 e. The van der Waals surface area contributed by atoms with Gasteiger partial charge in [-0.3, -0.25) is 4.79 Å². The molecule has 0 unspecified atom stereocenters. The van der Waals surface area contributed by atoms with E-state index in [1.165, 1.54) is 0 Å². The van der Waals surface area contributed by atoms with Gasteiger partial charge >= 0.3 is 0 Å². The molecular formula is C13H12ClNO3. The van der Waals surface area contributed by atoms with Crippen molar-refractivity contribution in [3.8, 4) is 5.75 Å². The average molecular weight is 266 g/mol. The van der Waals surface area contributed by atoms with Crippen molar-refractivity contribution in [3.05, 3.63) is 52.9 Å². The molecule has 0 aliphatic rings. The molecule has 1 heterocycles. The fraction of sp³-hybridized carbons (Fsp3) is 0.154. The fourth-order valence-corrected chi connectivity index (χ4v) is 1.62. The number of benzene rings is 1. The molecule has 0 aliphatic heterocycles. The highest BCUT2D eigenvalue weighted by Crippen LogP contribution is 2.14. The van der Waals surface area contributed by atoms with E-state index in [1.54, 1.807) is 43.5 Å². The molecule has 1 N–H and O–H groups in total. The normalized spacial score (nSPS) is 10.1. The maximum Gasteiger partial charge on any atom is 0.251 e. The topological polar surface area (TPSA) is 51.5 Å². The molecule has 5 heteroatoms. The zero-order valence-corrected chi connectivity index (χ0v) is 10.5. The van der Waals surface area contributed by atoms with Crippen LogP contribution >= 0.6 is 11.6 Å². The largest absolute Gasteiger partial charge is 0.497 e. The summed E-state index contributed by atoms with van der Waals surface area (Å²) in [6.07, 6.45) is 0. The van der Waals surface area contributed by atoms with E-state index in [-0.39, 0.29) is 5.91 Å². The molecule has 0 radical (unpaired) electrons. The lowest BCUT2D eigenvalue weighted by Crippen LogP contribution is -2.22. The van der Waals surface area contributed by atoms with Crippen LogP contribution in [-0.2, 0) is 6.54 Å². The number of amides is 1. The Balaban J connectivity index is 1.94. The second kappa shape index (κ2) is 5.60. The van der Waals surface area contributed by atoms with Gasteiger partial charge in [0, 0.05) is 5.56 Å². The molecule has 2 aromatic rings. The van der Waals surface area contributed by atoms with Crippen molar-refractivity contribution >= 4 is 17.5 Å². The van der Waals surface area contributed by atoms with Crippen LogP contribution in [0.5, 0.6) is 5.75 Å². The van der Waals surface area contributed by atoms with E-state index in [9.17, 15) is 4.79 Å². The summed E-state index contributed by atoms with van der Waals surface area (Å²) >= 11 is 5.63. The Bertz CT molecular complexity index is 533. The number of hydrogen-bond donors (Lipinski definition) is 1. The van der Waals surface area contributed by atoms with Crippen molar-refractivity contribution in [3.63, 3.8) is 0 Å². The minimum absolute atomic E-state index is 0.176. The fourth-order valence-electron chi connectivity index (χ4n) is 1.46. The smallest absolute Gasteiger partial charge is 0.251 e. The Labute approximate surface area is 110 Å². The van der Waals surface area contributed by atoms with Gasteiger partial charge in [-0.05, 0) is 48.0 Å². The number of nitrogens with one attached hydrogen (secondary N) is 1. The van der Waals surface area contributed by atoms with Gasteiger partial charge < -0.3 is 14.5 Å². The monoisotopic (exact) mass is 265 g/mol. The summed E-state index contributed by atoms with van der Waals surface area (Å²) in [6, 6.07) is 10.2. The highest BCUT2D eigenvalue weighted by molar-refractivity contribution is 6.28. The zero-order chi connectivity index (χ0) is 13.0. The molecule has 18 heavy (non-hydrogen) atoms. The molecule has 0 saturated heterocycles. The molecule has 2 rings (SSSR count). The van der Waals surface area contributed by atoms with Crippen LogP contribution in [0, 0.1) is 0 Å². The van der Waals surface area contributed by atoms with Gasteiger partial charge in [-0.2, -0.15) is 0 Å². The number of ether oxygens (including phenoxy) is 1. The molecule has 0 saturated carbocycles. The quantitative estimate of drug-likeness (QED) is 0.925. The van der Waals surface area contributed by atoms with Crippen LogP contribution in [0.15, 0.2) is 40.8 Å². The van der Waals surface area contributed by atoms with E-state index in [1.807, 2.05) is 0 Å². The molecule has 0 aliphatic carbocycles. The van der Waals surface area contributed by atoms with Gasteiger partial charge in [0.25, 0.3) is 5.91 Å². The van der Waals surface area contributed by atoms with Crippen LogP contribution in [0.4, 0.5) is 0 Å². The molecule has 0 atom stereocenters. The molecule has 0 bridgehead atoms. The third-order valence-electron chi connectivity index (χ3n) is 2.40. The molecule has 1 aromatic carbocycles. The predicted molar refractivity (Wildman–Crippen MR) is 67.9 cm³/mol. The summed E-state index contributed by atoms with van der Waals surface area (Å²) in [7, 11) is 1.58. The third kappa shape index (κ3) is 3.05. The number of halogens is 1. The van der Waals surface area contributed by atoms with Gasteiger partial charge in [-0.1, -0.05) is 0 Å². The lowest BCUT2D eigenvalue weighted by Gasteiger charge is -2.04. The second-order valence-corrected chi connectivity index (χ2v) is 3.99. The number of hydrogen-bond acceptors (Lipinski definition) is 3. The molecule has 1 amide bonds. The molecule has 0 spiro atoms. The summed E-state index contributed by atoms with van der Waals surface area (Å²) in [5.74, 6) is 1.15. The highest BCUT2D eigenvalue weighted by Gasteiger charge is 2.06. The van der Waals surface area contributed by atoms with Crippen LogP contribution in [0.1, 0.15) is 16.1 Å². The van der Waals surface area contributed by atoms with E-state index in [2.05, 4.69) is 5.32 Å². The zero-order valence-electron chi connectivity index (χ0n) is 9.77. The molecule has 0 fully saturated rings. The van der Waals surface area contributed by atoms with Gasteiger partial charge in [0.15, 0.2) is 5.22 Å². The Morgan fingerprint density at radius 3 is 2.56 bits per heavy atom. The molecule has 1 aromatic heterocycles. The second-order valence-electron chi connectivity index (χ2n) is 3.62.